The van der Waals surface area contributed by atoms with Crippen molar-refractivity contribution in [1.29, 1.82) is 0 Å². The highest BCUT2D eigenvalue weighted by Gasteiger charge is 2.23. The largest absolute Gasteiger partial charge is 0.383 e. The Morgan fingerprint density at radius 2 is 1.75 bits per heavy atom. The Morgan fingerprint density at radius 3 is 2.44 bits per heavy atom. The number of anilines is 2. The van der Waals surface area contributed by atoms with Gasteiger partial charge in [-0.2, -0.15) is 0 Å². The number of nitrogens with one attached hydrogen (secondary N) is 1. The zero-order valence-corrected chi connectivity index (χ0v) is 19.0. The van der Waals surface area contributed by atoms with Gasteiger partial charge in [0, 0.05) is 64.2 Å². The van der Waals surface area contributed by atoms with Crippen molar-refractivity contribution in [1.82, 2.24) is 14.8 Å². The number of rotatable bonds is 7. The van der Waals surface area contributed by atoms with Crippen LogP contribution in [0.4, 0.5) is 11.5 Å². The fraction of sp³-hybridized carbons (Fsp3) is 0.500. The minimum atomic E-state index is 0.0275. The Labute approximate surface area is 190 Å². The van der Waals surface area contributed by atoms with Crippen LogP contribution in [0.3, 0.4) is 0 Å². The lowest BCUT2D eigenvalue weighted by molar-refractivity contribution is 0.0664. The molecule has 2 aliphatic heterocycles. The van der Waals surface area contributed by atoms with E-state index in [0.29, 0.717) is 24.5 Å². The molecule has 2 saturated heterocycles. The maximum absolute atomic E-state index is 13.2. The lowest BCUT2D eigenvalue weighted by atomic mass is 10.1. The van der Waals surface area contributed by atoms with Gasteiger partial charge in [-0.15, -0.1) is 0 Å². The normalized spacial score (nSPS) is 17.4. The summed E-state index contributed by atoms with van der Waals surface area (Å²) in [5.74, 6) is 0.639. The van der Waals surface area contributed by atoms with E-state index in [1.54, 1.807) is 7.11 Å². The third-order valence-corrected chi connectivity index (χ3v) is 6.05. The summed E-state index contributed by atoms with van der Waals surface area (Å²) in [6, 6.07) is 12.3. The molecule has 0 spiro atoms. The molecule has 0 radical (unpaired) electrons. The summed E-state index contributed by atoms with van der Waals surface area (Å²) < 4.78 is 10.6. The predicted molar refractivity (Wildman–Crippen MR) is 126 cm³/mol. The predicted octanol–water partition coefficient (Wildman–Crippen LogP) is 2.03. The molecule has 8 heteroatoms. The van der Waals surface area contributed by atoms with E-state index in [4.69, 9.17) is 14.5 Å². The summed E-state index contributed by atoms with van der Waals surface area (Å²) in [4.78, 5) is 24.5. The molecule has 3 heterocycles. The minimum Gasteiger partial charge on any atom is -0.383 e. The first kappa shape index (κ1) is 22.5. The Hall–Kier alpha value is -2.68. The molecule has 0 atom stereocenters. The Bertz CT molecular complexity index is 891. The molecule has 2 aromatic rings. The van der Waals surface area contributed by atoms with Crippen molar-refractivity contribution in [2.24, 2.45) is 0 Å². The zero-order valence-electron chi connectivity index (χ0n) is 19.0. The van der Waals surface area contributed by atoms with Crippen molar-refractivity contribution >= 4 is 17.4 Å². The van der Waals surface area contributed by atoms with Gasteiger partial charge in [0.2, 0.25) is 0 Å². The van der Waals surface area contributed by atoms with Crippen LogP contribution in [-0.4, -0.2) is 100 Å². The first-order valence-corrected chi connectivity index (χ1v) is 11.3. The van der Waals surface area contributed by atoms with Crippen LogP contribution < -0.4 is 10.2 Å². The molecule has 4 rings (SSSR count). The second-order valence-electron chi connectivity index (χ2n) is 8.25. The van der Waals surface area contributed by atoms with Crippen molar-refractivity contribution in [3.05, 3.63) is 42.0 Å². The number of nitrogens with zero attached hydrogens (tertiary/aromatic N) is 4. The fourth-order valence-electron chi connectivity index (χ4n) is 4.04. The SMILES string of the molecule is COCCNc1nc(-c2ccc(N3CCOCC3)cc2)ccc1C(=O)N1CCN(C)CC1. The van der Waals surface area contributed by atoms with E-state index in [1.807, 2.05) is 17.0 Å². The van der Waals surface area contributed by atoms with Crippen LogP contribution in [0.5, 0.6) is 0 Å². The second-order valence-corrected chi connectivity index (χ2v) is 8.25. The number of likely N-dealkylation sites (N-methyl/N-ethyl adjacent to an activating group) is 1. The molecule has 1 amide bonds. The van der Waals surface area contributed by atoms with Gasteiger partial charge in [-0.25, -0.2) is 4.98 Å². The van der Waals surface area contributed by atoms with Gasteiger partial charge in [-0.05, 0) is 31.3 Å². The van der Waals surface area contributed by atoms with Gasteiger partial charge in [0.05, 0.1) is 31.1 Å². The van der Waals surface area contributed by atoms with Gasteiger partial charge in [0.15, 0.2) is 0 Å². The highest BCUT2D eigenvalue weighted by Crippen LogP contribution is 2.26. The molecule has 8 nitrogen and oxygen atoms in total. The number of carbonyl (C=O) groups is 1. The van der Waals surface area contributed by atoms with Gasteiger partial charge < -0.3 is 29.5 Å². The fourth-order valence-corrected chi connectivity index (χ4v) is 4.04. The monoisotopic (exact) mass is 439 g/mol. The molecule has 2 aliphatic rings. The maximum Gasteiger partial charge on any atom is 0.257 e. The van der Waals surface area contributed by atoms with E-state index in [2.05, 4.69) is 46.4 Å². The first-order chi connectivity index (χ1) is 15.7. The molecule has 1 N–H and O–H groups in total. The average Bonchev–Trinajstić information content (AvgIpc) is 2.85. The number of hydrogen-bond donors (Lipinski definition) is 1. The van der Waals surface area contributed by atoms with Crippen LogP contribution >= 0.6 is 0 Å². The first-order valence-electron chi connectivity index (χ1n) is 11.3. The third-order valence-electron chi connectivity index (χ3n) is 6.05. The van der Waals surface area contributed by atoms with Crippen LogP contribution in [0.1, 0.15) is 10.4 Å². The van der Waals surface area contributed by atoms with Crippen LogP contribution in [0.25, 0.3) is 11.3 Å². The smallest absolute Gasteiger partial charge is 0.257 e. The summed E-state index contributed by atoms with van der Waals surface area (Å²) in [7, 11) is 3.75. The van der Waals surface area contributed by atoms with Crippen LogP contribution in [0.15, 0.2) is 36.4 Å². The van der Waals surface area contributed by atoms with Crippen molar-refractivity contribution in [3.63, 3.8) is 0 Å². The van der Waals surface area contributed by atoms with Crippen LogP contribution in [0.2, 0.25) is 0 Å². The lowest BCUT2D eigenvalue weighted by Gasteiger charge is -2.32. The molecule has 0 saturated carbocycles. The molecular weight excluding hydrogens is 406 g/mol. The van der Waals surface area contributed by atoms with E-state index in [0.717, 1.165) is 63.7 Å². The van der Waals surface area contributed by atoms with Crippen molar-refractivity contribution in [2.45, 2.75) is 0 Å². The molecular formula is C24H33N5O3. The number of aromatic nitrogens is 1. The minimum absolute atomic E-state index is 0.0275. The Kier molecular flexibility index (Phi) is 7.57. The molecule has 0 unspecified atom stereocenters. The Morgan fingerprint density at radius 1 is 1.03 bits per heavy atom. The van der Waals surface area contributed by atoms with Crippen molar-refractivity contribution in [2.75, 3.05) is 90.0 Å². The molecule has 1 aromatic heterocycles. The van der Waals surface area contributed by atoms with Crippen molar-refractivity contribution < 1.29 is 14.3 Å². The number of ether oxygens (including phenoxy) is 2. The van der Waals surface area contributed by atoms with Gasteiger partial charge in [0.1, 0.15) is 5.82 Å². The van der Waals surface area contributed by atoms with E-state index in [-0.39, 0.29) is 5.91 Å². The molecule has 32 heavy (non-hydrogen) atoms. The van der Waals surface area contributed by atoms with Crippen LogP contribution in [-0.2, 0) is 9.47 Å². The lowest BCUT2D eigenvalue weighted by Crippen LogP contribution is -2.47. The van der Waals surface area contributed by atoms with E-state index < -0.39 is 0 Å². The summed E-state index contributed by atoms with van der Waals surface area (Å²) in [5, 5.41) is 3.30. The quantitative estimate of drug-likeness (QED) is 0.662. The average molecular weight is 440 g/mol. The third kappa shape index (κ3) is 5.38. The molecule has 172 valence electrons. The molecule has 0 bridgehead atoms. The maximum atomic E-state index is 13.2. The van der Waals surface area contributed by atoms with Crippen LogP contribution in [0, 0.1) is 0 Å². The van der Waals surface area contributed by atoms with E-state index in [1.165, 1.54) is 5.69 Å². The Balaban J connectivity index is 1.55. The van der Waals surface area contributed by atoms with Gasteiger partial charge in [-0.1, -0.05) is 12.1 Å². The summed E-state index contributed by atoms with van der Waals surface area (Å²) in [6.45, 7) is 7.73. The number of pyridine rings is 1. The molecule has 1 aromatic carbocycles. The topological polar surface area (TPSA) is 70.2 Å². The van der Waals surface area contributed by atoms with Gasteiger partial charge >= 0.3 is 0 Å². The highest BCUT2D eigenvalue weighted by molar-refractivity contribution is 5.99. The standard InChI is InChI=1S/C24H33N5O3/c1-27-10-12-29(13-11-27)24(30)21-7-8-22(26-23(21)25-9-16-31-2)19-3-5-20(6-4-19)28-14-17-32-18-15-28/h3-8H,9-18H2,1-2H3,(H,25,26). The number of piperazine rings is 1. The number of carbonyl (C=O) groups excluding carboxylic acids is 1. The van der Waals surface area contributed by atoms with Crippen molar-refractivity contribution in [3.8, 4) is 11.3 Å². The second kappa shape index (κ2) is 10.8. The van der Waals surface area contributed by atoms with E-state index in [9.17, 15) is 4.79 Å². The summed E-state index contributed by atoms with van der Waals surface area (Å²) in [5.41, 5.74) is 3.67. The molecule has 2 fully saturated rings. The highest BCUT2D eigenvalue weighted by atomic mass is 16.5. The van der Waals surface area contributed by atoms with Gasteiger partial charge in [0.25, 0.3) is 5.91 Å². The number of morpholine rings is 1. The number of methoxy groups -OCH3 is 1. The summed E-state index contributed by atoms with van der Waals surface area (Å²) >= 11 is 0. The zero-order chi connectivity index (χ0) is 22.3. The number of hydrogen-bond acceptors (Lipinski definition) is 7. The van der Waals surface area contributed by atoms with E-state index >= 15 is 0 Å². The molecule has 0 aliphatic carbocycles. The summed E-state index contributed by atoms with van der Waals surface area (Å²) in [6.07, 6.45) is 0. The number of amides is 1. The van der Waals surface area contributed by atoms with Gasteiger partial charge in [-0.3, -0.25) is 4.79 Å². The number of benzene rings is 1.